The van der Waals surface area contributed by atoms with Gasteiger partial charge < -0.3 is 9.84 Å². The van der Waals surface area contributed by atoms with Crippen molar-refractivity contribution in [3.63, 3.8) is 0 Å². The third-order valence-corrected chi connectivity index (χ3v) is 3.64. The fourth-order valence-corrected chi connectivity index (χ4v) is 2.33. The Morgan fingerprint density at radius 1 is 1.38 bits per heavy atom. The van der Waals surface area contributed by atoms with Gasteiger partial charge in [-0.3, -0.25) is 0 Å². The van der Waals surface area contributed by atoms with Crippen LogP contribution in [0.1, 0.15) is 25.3 Å². The van der Waals surface area contributed by atoms with Crippen molar-refractivity contribution in [1.29, 1.82) is 0 Å². The molecule has 1 fully saturated rings. The highest BCUT2D eigenvalue weighted by Crippen LogP contribution is 2.34. The molecule has 1 aliphatic heterocycles. The predicted octanol–water partition coefficient (Wildman–Crippen LogP) is 2.97. The van der Waals surface area contributed by atoms with Gasteiger partial charge in [0.25, 0.3) is 0 Å². The van der Waals surface area contributed by atoms with Gasteiger partial charge in [-0.1, -0.05) is 23.7 Å². The van der Waals surface area contributed by atoms with Crippen molar-refractivity contribution in [2.45, 2.75) is 25.4 Å². The number of benzene rings is 1. The molecule has 1 N–H and O–H groups in total. The van der Waals surface area contributed by atoms with E-state index in [-0.39, 0.29) is 5.92 Å². The molecule has 88 valence electrons. The maximum atomic E-state index is 10.6. The molecule has 0 amide bonds. The van der Waals surface area contributed by atoms with Crippen LogP contribution in [-0.2, 0) is 10.3 Å². The highest BCUT2D eigenvalue weighted by molar-refractivity contribution is 6.30. The number of aliphatic hydroxyl groups is 1. The van der Waals surface area contributed by atoms with Gasteiger partial charge in [0, 0.05) is 17.5 Å². The lowest BCUT2D eigenvalue weighted by molar-refractivity contribution is -0.0723. The van der Waals surface area contributed by atoms with E-state index in [0.29, 0.717) is 11.6 Å². The highest BCUT2D eigenvalue weighted by atomic mass is 35.5. The maximum Gasteiger partial charge on any atom is 0.0918 e. The zero-order valence-electron chi connectivity index (χ0n) is 9.45. The Bertz CT molecular complexity index is 339. The molecule has 0 aromatic heterocycles. The molecule has 0 bridgehead atoms. The predicted molar refractivity (Wildman–Crippen MR) is 64.6 cm³/mol. The van der Waals surface area contributed by atoms with Crippen molar-refractivity contribution in [3.8, 4) is 0 Å². The molecule has 1 aliphatic rings. The number of hydrogen-bond acceptors (Lipinski definition) is 2. The highest BCUT2D eigenvalue weighted by Gasteiger charge is 2.34. The molecule has 16 heavy (non-hydrogen) atoms. The van der Waals surface area contributed by atoms with Crippen LogP contribution in [0, 0.1) is 5.92 Å². The van der Waals surface area contributed by atoms with E-state index >= 15 is 0 Å². The van der Waals surface area contributed by atoms with Crippen molar-refractivity contribution >= 4 is 11.6 Å². The molecule has 2 rings (SSSR count). The van der Waals surface area contributed by atoms with Crippen LogP contribution in [0.5, 0.6) is 0 Å². The van der Waals surface area contributed by atoms with Gasteiger partial charge in [-0.25, -0.2) is 0 Å². The van der Waals surface area contributed by atoms with Crippen LogP contribution in [0.25, 0.3) is 0 Å². The van der Waals surface area contributed by atoms with Crippen LogP contribution in [-0.4, -0.2) is 18.3 Å². The smallest absolute Gasteiger partial charge is 0.0918 e. The van der Waals surface area contributed by atoms with Gasteiger partial charge in [-0.2, -0.15) is 0 Å². The largest absolute Gasteiger partial charge is 0.385 e. The molecule has 1 heterocycles. The Balaban J connectivity index is 2.19. The molecule has 3 heteroatoms. The Hall–Kier alpha value is -0.570. The lowest BCUT2D eigenvalue weighted by Gasteiger charge is -2.35. The average molecular weight is 241 g/mol. The summed E-state index contributed by atoms with van der Waals surface area (Å²) >= 11 is 5.84. The fraction of sp³-hybridized carbons (Fsp3) is 0.538. The van der Waals surface area contributed by atoms with Crippen molar-refractivity contribution in [2.24, 2.45) is 5.92 Å². The summed E-state index contributed by atoms with van der Waals surface area (Å²) < 4.78 is 5.43. The van der Waals surface area contributed by atoms with Gasteiger partial charge in [0.15, 0.2) is 0 Å². The van der Waals surface area contributed by atoms with Crippen molar-refractivity contribution in [1.82, 2.24) is 0 Å². The fourth-order valence-electron chi connectivity index (χ4n) is 2.21. The third-order valence-electron chi connectivity index (χ3n) is 3.38. The van der Waals surface area contributed by atoms with Crippen LogP contribution in [0.3, 0.4) is 0 Å². The molecular formula is C13H17ClO2. The summed E-state index contributed by atoms with van der Waals surface area (Å²) in [5.74, 6) is 0.169. The maximum absolute atomic E-state index is 10.6. The molecule has 2 atom stereocenters. The monoisotopic (exact) mass is 240 g/mol. The van der Waals surface area contributed by atoms with Crippen molar-refractivity contribution < 1.29 is 9.84 Å². The summed E-state index contributed by atoms with van der Waals surface area (Å²) in [5.41, 5.74) is 0.0813. The van der Waals surface area contributed by atoms with Gasteiger partial charge in [0.2, 0.25) is 0 Å². The number of ether oxygens (including phenoxy) is 1. The molecule has 0 radical (unpaired) electrons. The van der Waals surface area contributed by atoms with Crippen LogP contribution in [0.2, 0.25) is 5.02 Å². The SMILES string of the molecule is CC(O)(c1ccc(Cl)cc1)C1CCCOC1. The van der Waals surface area contributed by atoms with E-state index in [9.17, 15) is 5.11 Å². The van der Waals surface area contributed by atoms with Crippen LogP contribution < -0.4 is 0 Å². The van der Waals surface area contributed by atoms with Crippen LogP contribution in [0.15, 0.2) is 24.3 Å². The van der Waals surface area contributed by atoms with Gasteiger partial charge in [-0.05, 0) is 37.5 Å². The first-order valence-electron chi connectivity index (χ1n) is 5.67. The lowest BCUT2D eigenvalue weighted by atomic mass is 9.80. The minimum Gasteiger partial charge on any atom is -0.385 e. The first-order chi connectivity index (χ1) is 7.60. The zero-order chi connectivity index (χ0) is 11.6. The Labute approximate surface area is 101 Å². The second kappa shape index (κ2) is 4.74. The zero-order valence-corrected chi connectivity index (χ0v) is 10.2. The van der Waals surface area contributed by atoms with E-state index in [1.54, 1.807) is 0 Å². The van der Waals surface area contributed by atoms with Crippen LogP contribution >= 0.6 is 11.6 Å². The molecule has 2 unspecified atom stereocenters. The number of rotatable bonds is 2. The quantitative estimate of drug-likeness (QED) is 0.861. The normalized spacial score (nSPS) is 25.1. The van der Waals surface area contributed by atoms with E-state index in [1.165, 1.54) is 0 Å². The summed E-state index contributed by atoms with van der Waals surface area (Å²) in [7, 11) is 0. The summed E-state index contributed by atoms with van der Waals surface area (Å²) in [6.07, 6.45) is 2.03. The Morgan fingerprint density at radius 2 is 2.06 bits per heavy atom. The molecule has 1 aromatic carbocycles. The molecule has 0 aliphatic carbocycles. The summed E-state index contributed by atoms with van der Waals surface area (Å²) in [6, 6.07) is 7.40. The Morgan fingerprint density at radius 3 is 2.62 bits per heavy atom. The minimum atomic E-state index is -0.828. The lowest BCUT2D eigenvalue weighted by Crippen LogP contribution is -2.37. The summed E-state index contributed by atoms with van der Waals surface area (Å²) in [4.78, 5) is 0. The van der Waals surface area contributed by atoms with Crippen molar-refractivity contribution in [2.75, 3.05) is 13.2 Å². The third kappa shape index (κ3) is 2.40. The van der Waals surface area contributed by atoms with E-state index in [0.717, 1.165) is 25.0 Å². The second-order valence-electron chi connectivity index (χ2n) is 4.57. The van der Waals surface area contributed by atoms with E-state index in [4.69, 9.17) is 16.3 Å². The van der Waals surface area contributed by atoms with Gasteiger partial charge in [0.1, 0.15) is 0 Å². The molecule has 1 saturated heterocycles. The van der Waals surface area contributed by atoms with Crippen molar-refractivity contribution in [3.05, 3.63) is 34.9 Å². The first kappa shape index (κ1) is 11.9. The van der Waals surface area contributed by atoms with Gasteiger partial charge in [0.05, 0.1) is 12.2 Å². The number of halogens is 1. The Kier molecular flexibility index (Phi) is 3.53. The molecule has 1 aromatic rings. The molecule has 2 nitrogen and oxygen atoms in total. The second-order valence-corrected chi connectivity index (χ2v) is 5.00. The standard InChI is InChI=1S/C13H17ClO2/c1-13(15,11-3-2-8-16-9-11)10-4-6-12(14)7-5-10/h4-7,11,15H,2-3,8-9H2,1H3. The van der Waals surface area contributed by atoms with E-state index in [1.807, 2.05) is 31.2 Å². The average Bonchev–Trinajstić information content (AvgIpc) is 2.31. The van der Waals surface area contributed by atoms with Gasteiger partial charge >= 0.3 is 0 Å². The summed E-state index contributed by atoms with van der Waals surface area (Å²) in [6.45, 7) is 3.30. The molecule has 0 spiro atoms. The van der Waals surface area contributed by atoms with Crippen LogP contribution in [0.4, 0.5) is 0 Å². The molecular weight excluding hydrogens is 224 g/mol. The topological polar surface area (TPSA) is 29.5 Å². The van der Waals surface area contributed by atoms with E-state index < -0.39 is 5.60 Å². The summed E-state index contributed by atoms with van der Waals surface area (Å²) in [5, 5.41) is 11.3. The number of hydrogen-bond donors (Lipinski definition) is 1. The minimum absolute atomic E-state index is 0.169. The molecule has 0 saturated carbocycles. The van der Waals surface area contributed by atoms with Gasteiger partial charge in [-0.15, -0.1) is 0 Å². The van der Waals surface area contributed by atoms with E-state index in [2.05, 4.69) is 0 Å². The first-order valence-corrected chi connectivity index (χ1v) is 6.04.